The molecule has 0 bridgehead atoms. The van der Waals surface area contributed by atoms with Crippen LogP contribution in [0.5, 0.6) is 5.75 Å². The minimum absolute atomic E-state index is 0.0211. The van der Waals surface area contributed by atoms with Crippen molar-refractivity contribution in [3.8, 4) is 5.75 Å². The molecule has 1 N–H and O–H groups in total. The summed E-state index contributed by atoms with van der Waals surface area (Å²) in [6, 6.07) is 5.96. The first-order chi connectivity index (χ1) is 16.4. The number of rotatable bonds is 3. The SMILES string of the molecule is CCOC(=O)N1CCC(NC(=O)C2CCN(C(=O)N3C[C@@H](C)Oc4ccc(C)cc43)CC2)CC1. The van der Waals surface area contributed by atoms with Crippen LogP contribution in [-0.4, -0.2) is 79.3 Å². The summed E-state index contributed by atoms with van der Waals surface area (Å²) in [4.78, 5) is 43.4. The van der Waals surface area contributed by atoms with Gasteiger partial charge in [-0.2, -0.15) is 0 Å². The van der Waals surface area contributed by atoms with Gasteiger partial charge in [0.15, 0.2) is 0 Å². The molecule has 4 rings (SSSR count). The molecule has 0 saturated carbocycles. The Morgan fingerprint density at radius 2 is 1.74 bits per heavy atom. The van der Waals surface area contributed by atoms with E-state index >= 15 is 0 Å². The van der Waals surface area contributed by atoms with Crippen LogP contribution in [0.25, 0.3) is 0 Å². The first-order valence-corrected chi connectivity index (χ1v) is 12.4. The second-order valence-corrected chi connectivity index (χ2v) is 9.52. The fraction of sp³-hybridized carbons (Fsp3) is 0.640. The fourth-order valence-electron chi connectivity index (χ4n) is 4.97. The summed E-state index contributed by atoms with van der Waals surface area (Å²) in [6.07, 6.45) is 2.42. The van der Waals surface area contributed by atoms with Crippen LogP contribution in [0.3, 0.4) is 0 Å². The summed E-state index contributed by atoms with van der Waals surface area (Å²) < 4.78 is 11.0. The largest absolute Gasteiger partial charge is 0.487 e. The summed E-state index contributed by atoms with van der Waals surface area (Å²) >= 11 is 0. The first-order valence-electron chi connectivity index (χ1n) is 12.4. The molecule has 2 saturated heterocycles. The van der Waals surface area contributed by atoms with E-state index in [1.54, 1.807) is 11.8 Å². The average Bonchev–Trinajstić information content (AvgIpc) is 2.84. The molecule has 9 nitrogen and oxygen atoms in total. The van der Waals surface area contributed by atoms with Crippen molar-refractivity contribution in [2.24, 2.45) is 5.92 Å². The quantitative estimate of drug-likeness (QED) is 0.730. The molecule has 186 valence electrons. The van der Waals surface area contributed by atoms with E-state index in [-0.39, 0.29) is 36.1 Å². The van der Waals surface area contributed by atoms with Crippen molar-refractivity contribution in [3.63, 3.8) is 0 Å². The molecule has 0 radical (unpaired) electrons. The Balaban J connectivity index is 1.27. The van der Waals surface area contributed by atoms with E-state index in [2.05, 4.69) is 5.32 Å². The van der Waals surface area contributed by atoms with Gasteiger partial charge >= 0.3 is 12.1 Å². The zero-order valence-electron chi connectivity index (χ0n) is 20.4. The Kier molecular flexibility index (Phi) is 7.48. The number of aryl methyl sites for hydroxylation is 1. The van der Waals surface area contributed by atoms with Gasteiger partial charge in [0.2, 0.25) is 5.91 Å². The lowest BCUT2D eigenvalue weighted by molar-refractivity contribution is -0.127. The number of carbonyl (C=O) groups excluding carboxylic acids is 3. The maximum Gasteiger partial charge on any atom is 0.409 e. The zero-order chi connectivity index (χ0) is 24.2. The number of nitrogens with zero attached hydrogens (tertiary/aromatic N) is 3. The number of hydrogen-bond donors (Lipinski definition) is 1. The van der Waals surface area contributed by atoms with Gasteiger partial charge < -0.3 is 24.6 Å². The summed E-state index contributed by atoms with van der Waals surface area (Å²) in [5, 5.41) is 3.16. The molecule has 0 spiro atoms. The normalized spacial score (nSPS) is 21.5. The van der Waals surface area contributed by atoms with E-state index < -0.39 is 0 Å². The van der Waals surface area contributed by atoms with Crippen LogP contribution in [0.2, 0.25) is 0 Å². The molecule has 0 aliphatic carbocycles. The Morgan fingerprint density at radius 1 is 1.06 bits per heavy atom. The van der Waals surface area contributed by atoms with E-state index in [1.165, 1.54) is 0 Å². The van der Waals surface area contributed by atoms with E-state index in [0.717, 1.165) is 29.8 Å². The number of benzene rings is 1. The molecule has 4 amide bonds. The fourth-order valence-corrected chi connectivity index (χ4v) is 4.97. The molecule has 1 atom stereocenters. The number of amides is 4. The van der Waals surface area contributed by atoms with Gasteiger partial charge in [-0.3, -0.25) is 9.69 Å². The Hall–Kier alpha value is -2.97. The van der Waals surface area contributed by atoms with Crippen LogP contribution in [0.1, 0.15) is 45.1 Å². The molecule has 0 unspecified atom stereocenters. The summed E-state index contributed by atoms with van der Waals surface area (Å²) in [6.45, 7) is 8.96. The van der Waals surface area contributed by atoms with Gasteiger partial charge in [-0.05, 0) is 64.2 Å². The molecule has 1 aromatic carbocycles. The lowest BCUT2D eigenvalue weighted by Gasteiger charge is -2.39. The number of anilines is 1. The third-order valence-corrected chi connectivity index (χ3v) is 6.91. The molecule has 2 fully saturated rings. The van der Waals surface area contributed by atoms with Gasteiger partial charge in [-0.15, -0.1) is 0 Å². The first kappa shape index (κ1) is 24.2. The lowest BCUT2D eigenvalue weighted by atomic mass is 9.94. The number of likely N-dealkylation sites (tertiary alicyclic amines) is 2. The molecule has 1 aromatic rings. The van der Waals surface area contributed by atoms with Crippen LogP contribution < -0.4 is 15.0 Å². The highest BCUT2D eigenvalue weighted by atomic mass is 16.6. The van der Waals surface area contributed by atoms with Crippen LogP contribution in [0.15, 0.2) is 18.2 Å². The molecule has 0 aromatic heterocycles. The number of nitrogens with one attached hydrogen (secondary N) is 1. The molecule has 3 aliphatic heterocycles. The van der Waals surface area contributed by atoms with Gasteiger partial charge in [0.1, 0.15) is 11.9 Å². The van der Waals surface area contributed by atoms with Crippen molar-refractivity contribution in [3.05, 3.63) is 23.8 Å². The highest BCUT2D eigenvalue weighted by Crippen LogP contribution is 2.35. The second-order valence-electron chi connectivity index (χ2n) is 9.52. The van der Waals surface area contributed by atoms with Crippen molar-refractivity contribution in [1.82, 2.24) is 15.1 Å². The standard InChI is InChI=1S/C25H36N4O5/c1-4-33-25(32)28-13-9-20(10-14-28)26-23(30)19-7-11-27(12-8-19)24(31)29-16-18(3)34-22-6-5-17(2)15-21(22)29/h5-6,15,18-20H,4,7-14,16H2,1-3H3,(H,26,30)/t18-/m1/s1. The minimum Gasteiger partial charge on any atom is -0.487 e. The van der Waals surface area contributed by atoms with E-state index in [9.17, 15) is 14.4 Å². The Morgan fingerprint density at radius 3 is 2.41 bits per heavy atom. The molecular weight excluding hydrogens is 436 g/mol. The number of hydrogen-bond acceptors (Lipinski definition) is 5. The predicted molar refractivity (Wildman–Crippen MR) is 128 cm³/mol. The van der Waals surface area contributed by atoms with Crippen LogP contribution in [0, 0.1) is 12.8 Å². The van der Waals surface area contributed by atoms with Crippen LogP contribution >= 0.6 is 0 Å². The third kappa shape index (κ3) is 5.39. The molecule has 34 heavy (non-hydrogen) atoms. The van der Waals surface area contributed by atoms with Crippen molar-refractivity contribution < 1.29 is 23.9 Å². The number of piperidine rings is 2. The van der Waals surface area contributed by atoms with Gasteiger partial charge in [-0.25, -0.2) is 9.59 Å². The maximum atomic E-state index is 13.4. The van der Waals surface area contributed by atoms with Crippen molar-refractivity contribution in [1.29, 1.82) is 0 Å². The Bertz CT molecular complexity index is 907. The number of carbonyl (C=O) groups is 3. The van der Waals surface area contributed by atoms with Crippen LogP contribution in [0.4, 0.5) is 15.3 Å². The van der Waals surface area contributed by atoms with Crippen molar-refractivity contribution in [2.75, 3.05) is 44.2 Å². The van der Waals surface area contributed by atoms with E-state index in [0.29, 0.717) is 52.2 Å². The predicted octanol–water partition coefficient (Wildman–Crippen LogP) is 3.15. The Labute approximate surface area is 201 Å². The van der Waals surface area contributed by atoms with Gasteiger partial charge in [0, 0.05) is 38.1 Å². The molecule has 3 aliphatic rings. The van der Waals surface area contributed by atoms with Gasteiger partial charge in [0.05, 0.1) is 18.8 Å². The van der Waals surface area contributed by atoms with Crippen LogP contribution in [-0.2, 0) is 9.53 Å². The highest BCUT2D eigenvalue weighted by molar-refractivity contribution is 5.94. The molecule has 9 heteroatoms. The average molecular weight is 473 g/mol. The van der Waals surface area contributed by atoms with E-state index in [1.807, 2.05) is 41.8 Å². The number of urea groups is 1. The smallest absolute Gasteiger partial charge is 0.409 e. The number of ether oxygens (including phenoxy) is 2. The zero-order valence-corrected chi connectivity index (χ0v) is 20.4. The lowest BCUT2D eigenvalue weighted by Crippen LogP contribution is -2.53. The highest BCUT2D eigenvalue weighted by Gasteiger charge is 2.35. The summed E-state index contributed by atoms with van der Waals surface area (Å²) in [5.74, 6) is 0.703. The number of fused-ring (bicyclic) bond motifs is 1. The third-order valence-electron chi connectivity index (χ3n) is 6.91. The van der Waals surface area contributed by atoms with Gasteiger partial charge in [-0.1, -0.05) is 6.07 Å². The maximum absolute atomic E-state index is 13.4. The van der Waals surface area contributed by atoms with E-state index in [4.69, 9.17) is 9.47 Å². The van der Waals surface area contributed by atoms with Gasteiger partial charge in [0.25, 0.3) is 0 Å². The summed E-state index contributed by atoms with van der Waals surface area (Å²) in [5.41, 5.74) is 1.90. The van der Waals surface area contributed by atoms with Crippen molar-refractivity contribution in [2.45, 2.75) is 58.6 Å². The molecular formula is C25H36N4O5. The molecule has 3 heterocycles. The minimum atomic E-state index is -0.281. The van der Waals surface area contributed by atoms with Crippen molar-refractivity contribution >= 4 is 23.7 Å². The topological polar surface area (TPSA) is 91.4 Å². The monoisotopic (exact) mass is 472 g/mol. The summed E-state index contributed by atoms with van der Waals surface area (Å²) in [7, 11) is 0. The second kappa shape index (κ2) is 10.5.